The van der Waals surface area contributed by atoms with E-state index in [1.165, 1.54) is 38.2 Å². The van der Waals surface area contributed by atoms with Gasteiger partial charge in [-0.15, -0.1) is 0 Å². The van der Waals surface area contributed by atoms with E-state index in [9.17, 15) is 0 Å². The highest BCUT2D eigenvalue weighted by atomic mass is 35.5. The summed E-state index contributed by atoms with van der Waals surface area (Å²) in [5.41, 5.74) is 1.42. The Morgan fingerprint density at radius 2 is 1.80 bits per heavy atom. The fraction of sp³-hybridized carbons (Fsp3) is 0.625. The largest absolute Gasteiger partial charge is 0.316 e. The Labute approximate surface area is 126 Å². The maximum absolute atomic E-state index is 6.02. The predicted octanol–water partition coefficient (Wildman–Crippen LogP) is 2.03. The predicted molar refractivity (Wildman–Crippen MR) is 84.5 cm³/mol. The van der Waals surface area contributed by atoms with Gasteiger partial charge in [-0.25, -0.2) is 0 Å². The Kier molecular flexibility index (Phi) is 4.61. The van der Waals surface area contributed by atoms with Crippen LogP contribution in [-0.4, -0.2) is 62.2 Å². The number of likely N-dealkylation sites (N-methyl/N-ethyl adjacent to an activating group) is 1. The summed E-state index contributed by atoms with van der Waals surface area (Å²) in [7, 11) is 2.22. The van der Waals surface area contributed by atoms with E-state index in [1.54, 1.807) is 0 Å². The second-order valence-electron chi connectivity index (χ2n) is 6.06. The molecule has 110 valence electrons. The molecule has 1 aromatic carbocycles. The minimum atomic E-state index is 0.587. The van der Waals surface area contributed by atoms with Crippen molar-refractivity contribution in [2.24, 2.45) is 0 Å². The van der Waals surface area contributed by atoms with Gasteiger partial charge in [0.15, 0.2) is 0 Å². The first-order valence-corrected chi connectivity index (χ1v) is 8.00. The Hall–Kier alpha value is -0.610. The third-order valence-corrected chi connectivity index (χ3v) is 5.00. The summed E-state index contributed by atoms with van der Waals surface area (Å²) < 4.78 is 0. The van der Waals surface area contributed by atoms with Crippen LogP contribution in [0, 0.1) is 0 Å². The van der Waals surface area contributed by atoms with Crippen molar-refractivity contribution in [2.45, 2.75) is 18.4 Å². The molecule has 4 heteroatoms. The van der Waals surface area contributed by atoms with Crippen molar-refractivity contribution in [1.82, 2.24) is 15.1 Å². The SMILES string of the molecule is CN1CCN(C2CCNCC2c2ccc(Cl)cc2)CC1. The van der Waals surface area contributed by atoms with Crippen LogP contribution < -0.4 is 5.32 Å². The molecular formula is C16H24ClN3. The second-order valence-corrected chi connectivity index (χ2v) is 6.49. The molecule has 2 atom stereocenters. The minimum absolute atomic E-state index is 0.587. The van der Waals surface area contributed by atoms with Crippen molar-refractivity contribution in [2.75, 3.05) is 46.3 Å². The Morgan fingerprint density at radius 1 is 1.10 bits per heavy atom. The molecule has 2 aliphatic heterocycles. The molecule has 2 aliphatic rings. The van der Waals surface area contributed by atoms with Crippen LogP contribution in [0.25, 0.3) is 0 Å². The smallest absolute Gasteiger partial charge is 0.0406 e. The van der Waals surface area contributed by atoms with Crippen LogP contribution in [-0.2, 0) is 0 Å². The van der Waals surface area contributed by atoms with Crippen LogP contribution in [0.4, 0.5) is 0 Å². The lowest BCUT2D eigenvalue weighted by molar-refractivity contribution is 0.0832. The van der Waals surface area contributed by atoms with E-state index in [0.717, 1.165) is 18.1 Å². The van der Waals surface area contributed by atoms with E-state index >= 15 is 0 Å². The zero-order valence-corrected chi connectivity index (χ0v) is 12.9. The van der Waals surface area contributed by atoms with Crippen molar-refractivity contribution >= 4 is 11.6 Å². The van der Waals surface area contributed by atoms with E-state index in [0.29, 0.717) is 12.0 Å². The second kappa shape index (κ2) is 6.44. The molecule has 2 unspecified atom stereocenters. The third kappa shape index (κ3) is 3.17. The molecule has 3 rings (SSSR count). The van der Waals surface area contributed by atoms with Gasteiger partial charge in [-0.2, -0.15) is 0 Å². The first-order valence-electron chi connectivity index (χ1n) is 7.63. The average molecular weight is 294 g/mol. The van der Waals surface area contributed by atoms with Crippen molar-refractivity contribution in [3.8, 4) is 0 Å². The van der Waals surface area contributed by atoms with Crippen LogP contribution in [0.3, 0.4) is 0 Å². The summed E-state index contributed by atoms with van der Waals surface area (Å²) in [4.78, 5) is 5.12. The molecule has 0 saturated carbocycles. The fourth-order valence-electron chi connectivity index (χ4n) is 3.49. The van der Waals surface area contributed by atoms with Gasteiger partial charge in [-0.3, -0.25) is 4.90 Å². The van der Waals surface area contributed by atoms with Crippen LogP contribution in [0.5, 0.6) is 0 Å². The Morgan fingerprint density at radius 3 is 2.50 bits per heavy atom. The van der Waals surface area contributed by atoms with E-state index < -0.39 is 0 Å². The van der Waals surface area contributed by atoms with E-state index in [2.05, 4.69) is 34.3 Å². The van der Waals surface area contributed by atoms with Crippen LogP contribution in [0.2, 0.25) is 5.02 Å². The highest BCUT2D eigenvalue weighted by Crippen LogP contribution is 2.29. The number of rotatable bonds is 2. The molecule has 2 heterocycles. The lowest BCUT2D eigenvalue weighted by Crippen LogP contribution is -2.54. The third-order valence-electron chi connectivity index (χ3n) is 4.75. The molecular weight excluding hydrogens is 270 g/mol. The topological polar surface area (TPSA) is 18.5 Å². The first kappa shape index (κ1) is 14.3. The molecule has 3 nitrogen and oxygen atoms in total. The van der Waals surface area contributed by atoms with Gasteiger partial charge in [0, 0.05) is 49.7 Å². The van der Waals surface area contributed by atoms with Gasteiger partial charge < -0.3 is 10.2 Å². The first-order chi connectivity index (χ1) is 9.74. The molecule has 1 N–H and O–H groups in total. The molecule has 20 heavy (non-hydrogen) atoms. The summed E-state index contributed by atoms with van der Waals surface area (Å²) in [6.45, 7) is 7.00. The van der Waals surface area contributed by atoms with Crippen molar-refractivity contribution in [1.29, 1.82) is 0 Å². The maximum Gasteiger partial charge on any atom is 0.0406 e. The zero-order valence-electron chi connectivity index (χ0n) is 12.2. The average Bonchev–Trinajstić information content (AvgIpc) is 2.49. The minimum Gasteiger partial charge on any atom is -0.316 e. The van der Waals surface area contributed by atoms with Gasteiger partial charge in [0.1, 0.15) is 0 Å². The van der Waals surface area contributed by atoms with E-state index in [1.807, 2.05) is 12.1 Å². The molecule has 0 aliphatic carbocycles. The molecule has 0 spiro atoms. The lowest BCUT2D eigenvalue weighted by atomic mass is 9.85. The van der Waals surface area contributed by atoms with Crippen LogP contribution in [0.1, 0.15) is 17.9 Å². The Bertz CT molecular complexity index is 426. The van der Waals surface area contributed by atoms with Gasteiger partial charge >= 0.3 is 0 Å². The van der Waals surface area contributed by atoms with Gasteiger partial charge in [0.05, 0.1) is 0 Å². The normalized spacial score (nSPS) is 29.5. The zero-order chi connectivity index (χ0) is 13.9. The van der Waals surface area contributed by atoms with Crippen LogP contribution in [0.15, 0.2) is 24.3 Å². The summed E-state index contributed by atoms with van der Waals surface area (Å²) in [5.74, 6) is 0.587. The summed E-state index contributed by atoms with van der Waals surface area (Å²) >= 11 is 6.02. The van der Waals surface area contributed by atoms with Crippen molar-refractivity contribution < 1.29 is 0 Å². The van der Waals surface area contributed by atoms with Crippen molar-refractivity contribution in [3.63, 3.8) is 0 Å². The molecule has 0 aromatic heterocycles. The molecule has 0 amide bonds. The molecule has 1 aromatic rings. The number of piperidine rings is 1. The number of hydrogen-bond donors (Lipinski definition) is 1. The standard InChI is InChI=1S/C16H24ClN3/c1-19-8-10-20(11-9-19)16-6-7-18-12-15(16)13-2-4-14(17)5-3-13/h2-5,15-16,18H,6-12H2,1H3. The summed E-state index contributed by atoms with van der Waals surface area (Å²) in [6, 6.07) is 9.11. The van der Waals surface area contributed by atoms with E-state index in [4.69, 9.17) is 11.6 Å². The molecule has 2 saturated heterocycles. The van der Waals surface area contributed by atoms with Gasteiger partial charge in [0.25, 0.3) is 0 Å². The lowest BCUT2D eigenvalue weighted by Gasteiger charge is -2.44. The number of piperazine rings is 1. The van der Waals surface area contributed by atoms with Gasteiger partial charge in [0.2, 0.25) is 0 Å². The summed E-state index contributed by atoms with van der Waals surface area (Å²) in [5, 5.41) is 4.38. The Balaban J connectivity index is 1.75. The maximum atomic E-state index is 6.02. The van der Waals surface area contributed by atoms with Gasteiger partial charge in [-0.05, 0) is 37.7 Å². The van der Waals surface area contributed by atoms with Gasteiger partial charge in [-0.1, -0.05) is 23.7 Å². The highest BCUT2D eigenvalue weighted by molar-refractivity contribution is 6.30. The van der Waals surface area contributed by atoms with E-state index in [-0.39, 0.29) is 0 Å². The summed E-state index contributed by atoms with van der Waals surface area (Å²) in [6.07, 6.45) is 1.25. The van der Waals surface area contributed by atoms with Crippen molar-refractivity contribution in [3.05, 3.63) is 34.9 Å². The number of benzene rings is 1. The van der Waals surface area contributed by atoms with Crippen LogP contribution >= 0.6 is 11.6 Å². The highest BCUT2D eigenvalue weighted by Gasteiger charge is 2.32. The quantitative estimate of drug-likeness (QED) is 0.900. The monoisotopic (exact) mass is 293 g/mol. The fourth-order valence-corrected chi connectivity index (χ4v) is 3.61. The number of hydrogen-bond acceptors (Lipinski definition) is 3. The number of nitrogens with one attached hydrogen (secondary N) is 1. The molecule has 0 bridgehead atoms. The molecule has 0 radical (unpaired) electrons. The number of halogens is 1. The number of nitrogens with zero attached hydrogens (tertiary/aromatic N) is 2. The molecule has 2 fully saturated rings.